The fourth-order valence-electron chi connectivity index (χ4n) is 2.24. The maximum atomic E-state index is 11.8. The van der Waals surface area contributed by atoms with Crippen LogP contribution in [0.3, 0.4) is 0 Å². The molecule has 0 fully saturated rings. The van der Waals surface area contributed by atoms with Crippen LogP contribution in [0.15, 0.2) is 35.6 Å². The number of hydrogen-bond acceptors (Lipinski definition) is 4. The molecule has 3 aromatic rings. The van der Waals surface area contributed by atoms with Gasteiger partial charge in [0, 0.05) is 23.6 Å². The fraction of sp³-hybridized carbons (Fsp3) is 0.267. The lowest BCUT2D eigenvalue weighted by molar-refractivity contribution is -0.118. The van der Waals surface area contributed by atoms with E-state index in [4.69, 9.17) is 0 Å². The highest BCUT2D eigenvalue weighted by Gasteiger charge is 2.07. The Kier molecular flexibility index (Phi) is 4.43. The van der Waals surface area contributed by atoms with E-state index in [1.165, 1.54) is 22.7 Å². The van der Waals surface area contributed by atoms with Crippen molar-refractivity contribution >= 4 is 28.6 Å². The summed E-state index contributed by atoms with van der Waals surface area (Å²) in [5, 5.41) is 11.5. The number of nitrogens with one attached hydrogen (secondary N) is 3. The Bertz CT molecular complexity index is 779. The summed E-state index contributed by atoms with van der Waals surface area (Å²) in [6.07, 6.45) is 2.81. The molecule has 0 aliphatic carbocycles. The molecule has 1 aromatic carbocycles. The second kappa shape index (κ2) is 6.65. The van der Waals surface area contributed by atoms with Gasteiger partial charge in [-0.3, -0.25) is 9.89 Å². The van der Waals surface area contributed by atoms with Crippen LogP contribution in [0, 0.1) is 6.92 Å². The van der Waals surface area contributed by atoms with Crippen LogP contribution < -0.4 is 5.32 Å². The standard InChI is InChI=1S/C15H17N5OS/c1-10-18-15(20-19-10)22-9-14(21)16-7-6-11-8-17-13-5-3-2-4-12(11)13/h2-5,8,17H,6-7,9H2,1H3,(H,16,21)(H,18,19,20). The topological polar surface area (TPSA) is 86.5 Å². The number of amides is 1. The SMILES string of the molecule is Cc1nc(SCC(=O)NCCc2c[nH]c3ccccc23)n[nH]1. The van der Waals surface area contributed by atoms with Crippen molar-refractivity contribution in [2.75, 3.05) is 12.3 Å². The highest BCUT2D eigenvalue weighted by molar-refractivity contribution is 7.99. The van der Waals surface area contributed by atoms with Gasteiger partial charge >= 0.3 is 0 Å². The maximum absolute atomic E-state index is 11.8. The number of thioether (sulfide) groups is 1. The molecular weight excluding hydrogens is 298 g/mol. The van der Waals surface area contributed by atoms with Crippen molar-refractivity contribution in [3.8, 4) is 0 Å². The number of aryl methyl sites for hydroxylation is 1. The van der Waals surface area contributed by atoms with Crippen LogP contribution in [0.25, 0.3) is 10.9 Å². The molecule has 0 spiro atoms. The number of para-hydroxylation sites is 1. The molecule has 3 N–H and O–H groups in total. The molecule has 6 nitrogen and oxygen atoms in total. The summed E-state index contributed by atoms with van der Waals surface area (Å²) in [4.78, 5) is 19.2. The number of aromatic nitrogens is 4. The van der Waals surface area contributed by atoms with Gasteiger partial charge in [-0.25, -0.2) is 4.98 Å². The van der Waals surface area contributed by atoms with E-state index >= 15 is 0 Å². The zero-order valence-electron chi connectivity index (χ0n) is 12.2. The first-order valence-corrected chi connectivity index (χ1v) is 8.04. The van der Waals surface area contributed by atoms with Crippen LogP contribution >= 0.6 is 11.8 Å². The van der Waals surface area contributed by atoms with Crippen LogP contribution in [0.5, 0.6) is 0 Å². The lowest BCUT2D eigenvalue weighted by Gasteiger charge is -2.03. The predicted octanol–water partition coefficient (Wildman–Crippen LogP) is 2.05. The molecule has 3 rings (SSSR count). The van der Waals surface area contributed by atoms with E-state index in [-0.39, 0.29) is 5.91 Å². The highest BCUT2D eigenvalue weighted by Crippen LogP contribution is 2.17. The normalized spacial score (nSPS) is 11.0. The summed E-state index contributed by atoms with van der Waals surface area (Å²) >= 11 is 1.33. The maximum Gasteiger partial charge on any atom is 0.230 e. The number of H-pyrrole nitrogens is 2. The Morgan fingerprint density at radius 1 is 1.36 bits per heavy atom. The van der Waals surface area contributed by atoms with Gasteiger partial charge in [0.1, 0.15) is 5.82 Å². The zero-order chi connectivity index (χ0) is 15.4. The quantitative estimate of drug-likeness (QED) is 0.608. The van der Waals surface area contributed by atoms with E-state index in [9.17, 15) is 4.79 Å². The van der Waals surface area contributed by atoms with E-state index in [0.717, 1.165) is 17.8 Å². The summed E-state index contributed by atoms with van der Waals surface area (Å²) in [6.45, 7) is 2.45. The third-order valence-corrected chi connectivity index (χ3v) is 4.15. The molecule has 0 saturated heterocycles. The number of carbonyl (C=O) groups excluding carboxylic acids is 1. The van der Waals surface area contributed by atoms with Crippen LogP contribution in [-0.4, -0.2) is 38.4 Å². The average molecular weight is 315 g/mol. The molecule has 0 aliphatic rings. The predicted molar refractivity (Wildman–Crippen MR) is 86.9 cm³/mol. The first-order valence-electron chi connectivity index (χ1n) is 7.06. The number of nitrogens with zero attached hydrogens (tertiary/aromatic N) is 2. The Morgan fingerprint density at radius 2 is 2.23 bits per heavy atom. The average Bonchev–Trinajstić information content (AvgIpc) is 3.12. The largest absolute Gasteiger partial charge is 0.361 e. The van der Waals surface area contributed by atoms with Crippen molar-refractivity contribution in [3.63, 3.8) is 0 Å². The van der Waals surface area contributed by atoms with Gasteiger partial charge in [-0.05, 0) is 25.0 Å². The summed E-state index contributed by atoms with van der Waals surface area (Å²) < 4.78 is 0. The van der Waals surface area contributed by atoms with Gasteiger partial charge < -0.3 is 10.3 Å². The van der Waals surface area contributed by atoms with Crippen molar-refractivity contribution in [1.29, 1.82) is 0 Å². The van der Waals surface area contributed by atoms with Gasteiger partial charge in [0.05, 0.1) is 5.75 Å². The molecule has 2 heterocycles. The van der Waals surface area contributed by atoms with E-state index in [0.29, 0.717) is 17.5 Å². The molecule has 1 amide bonds. The number of carbonyl (C=O) groups is 1. The van der Waals surface area contributed by atoms with Gasteiger partial charge in [0.15, 0.2) is 0 Å². The molecule has 0 unspecified atom stereocenters. The Labute approximate surface area is 132 Å². The second-order valence-electron chi connectivity index (χ2n) is 4.95. The van der Waals surface area contributed by atoms with Crippen LogP contribution in [-0.2, 0) is 11.2 Å². The van der Waals surface area contributed by atoms with Crippen molar-refractivity contribution in [1.82, 2.24) is 25.5 Å². The van der Waals surface area contributed by atoms with Gasteiger partial charge in [-0.15, -0.1) is 5.10 Å². The molecule has 114 valence electrons. The van der Waals surface area contributed by atoms with Crippen LogP contribution in [0.1, 0.15) is 11.4 Å². The van der Waals surface area contributed by atoms with Crippen LogP contribution in [0.2, 0.25) is 0 Å². The Hall–Kier alpha value is -2.28. The summed E-state index contributed by atoms with van der Waals surface area (Å²) in [5.41, 5.74) is 2.34. The minimum Gasteiger partial charge on any atom is -0.361 e. The molecule has 7 heteroatoms. The van der Waals surface area contributed by atoms with E-state index < -0.39 is 0 Å². The van der Waals surface area contributed by atoms with Gasteiger partial charge in [0.25, 0.3) is 0 Å². The number of hydrogen-bond donors (Lipinski definition) is 3. The van der Waals surface area contributed by atoms with Crippen molar-refractivity contribution in [2.45, 2.75) is 18.5 Å². The zero-order valence-corrected chi connectivity index (χ0v) is 13.0. The summed E-state index contributed by atoms with van der Waals surface area (Å²) in [6, 6.07) is 8.16. The van der Waals surface area contributed by atoms with E-state index in [2.05, 4.69) is 31.5 Å². The molecule has 0 bridgehead atoms. The molecule has 0 atom stereocenters. The molecule has 22 heavy (non-hydrogen) atoms. The molecule has 0 saturated carbocycles. The fourth-order valence-corrected chi connectivity index (χ4v) is 2.92. The number of fused-ring (bicyclic) bond motifs is 1. The smallest absolute Gasteiger partial charge is 0.230 e. The minimum absolute atomic E-state index is 0.00713. The highest BCUT2D eigenvalue weighted by atomic mass is 32.2. The second-order valence-corrected chi connectivity index (χ2v) is 5.89. The third-order valence-electron chi connectivity index (χ3n) is 3.30. The lowest BCUT2D eigenvalue weighted by atomic mass is 10.1. The molecular formula is C15H17N5OS. The minimum atomic E-state index is -0.00713. The van der Waals surface area contributed by atoms with E-state index in [1.54, 1.807) is 0 Å². The van der Waals surface area contributed by atoms with Gasteiger partial charge in [-0.1, -0.05) is 30.0 Å². The Balaban J connectivity index is 1.45. The number of benzene rings is 1. The van der Waals surface area contributed by atoms with Crippen molar-refractivity contribution < 1.29 is 4.79 Å². The number of rotatable bonds is 6. The summed E-state index contributed by atoms with van der Waals surface area (Å²) in [5.74, 6) is 1.07. The van der Waals surface area contributed by atoms with Crippen LogP contribution in [0.4, 0.5) is 0 Å². The first-order chi connectivity index (χ1) is 10.7. The third kappa shape index (κ3) is 3.48. The number of aromatic amines is 2. The lowest BCUT2D eigenvalue weighted by Crippen LogP contribution is -2.27. The van der Waals surface area contributed by atoms with Gasteiger partial charge in [-0.2, -0.15) is 0 Å². The van der Waals surface area contributed by atoms with Crippen molar-refractivity contribution in [2.24, 2.45) is 0 Å². The van der Waals surface area contributed by atoms with Crippen molar-refractivity contribution in [3.05, 3.63) is 41.9 Å². The van der Waals surface area contributed by atoms with E-state index in [1.807, 2.05) is 31.3 Å². The molecule has 2 aromatic heterocycles. The van der Waals surface area contributed by atoms with Gasteiger partial charge in [0.2, 0.25) is 11.1 Å². The molecule has 0 radical (unpaired) electrons. The first kappa shape index (κ1) is 14.6. The monoisotopic (exact) mass is 315 g/mol. The Morgan fingerprint density at radius 3 is 3.05 bits per heavy atom. The summed E-state index contributed by atoms with van der Waals surface area (Å²) in [7, 11) is 0. The molecule has 0 aliphatic heterocycles.